The molecule has 2 unspecified atom stereocenters. The lowest BCUT2D eigenvalue weighted by Crippen LogP contribution is -2.39. The quantitative estimate of drug-likeness (QED) is 0.875. The van der Waals surface area contributed by atoms with Crippen LogP contribution < -0.4 is 5.32 Å². The van der Waals surface area contributed by atoms with Crippen LogP contribution in [-0.2, 0) is 4.74 Å². The molecule has 0 saturated carbocycles. The first kappa shape index (κ1) is 13.1. The van der Waals surface area contributed by atoms with E-state index in [1.807, 2.05) is 12.5 Å². The molecule has 0 radical (unpaired) electrons. The second-order valence-electron chi connectivity index (χ2n) is 5.68. The fourth-order valence-corrected chi connectivity index (χ4v) is 3.15. The molecule has 0 bridgehead atoms. The lowest BCUT2D eigenvalue weighted by atomic mass is 10.1. The van der Waals surface area contributed by atoms with Crippen molar-refractivity contribution in [2.24, 2.45) is 0 Å². The maximum Gasteiger partial charge on any atom is 0.0951 e. The Morgan fingerprint density at radius 3 is 3.05 bits per heavy atom. The van der Waals surface area contributed by atoms with Crippen LogP contribution >= 0.6 is 0 Å². The molecule has 106 valence electrons. The van der Waals surface area contributed by atoms with E-state index < -0.39 is 0 Å². The number of nitrogens with one attached hydrogen (secondary N) is 1. The Labute approximate surface area is 114 Å². The minimum absolute atomic E-state index is 0.483. The van der Waals surface area contributed by atoms with Gasteiger partial charge in [0.15, 0.2) is 0 Å². The smallest absolute Gasteiger partial charge is 0.0951 e. The molecule has 3 rings (SSSR count). The van der Waals surface area contributed by atoms with E-state index >= 15 is 0 Å². The van der Waals surface area contributed by atoms with Crippen molar-refractivity contribution in [3.05, 3.63) is 18.2 Å². The van der Waals surface area contributed by atoms with Crippen LogP contribution in [0.4, 0.5) is 0 Å². The first-order valence-corrected chi connectivity index (χ1v) is 7.37. The minimum atomic E-state index is 0.483. The van der Waals surface area contributed by atoms with Gasteiger partial charge in [-0.1, -0.05) is 0 Å². The van der Waals surface area contributed by atoms with Gasteiger partial charge in [0.25, 0.3) is 0 Å². The second-order valence-corrected chi connectivity index (χ2v) is 5.68. The van der Waals surface area contributed by atoms with E-state index in [2.05, 4.69) is 26.7 Å². The highest BCUT2D eigenvalue weighted by Gasteiger charge is 2.23. The van der Waals surface area contributed by atoms with Crippen LogP contribution in [0.1, 0.15) is 31.0 Å². The van der Waals surface area contributed by atoms with Gasteiger partial charge in [-0.3, -0.25) is 4.90 Å². The van der Waals surface area contributed by atoms with Crippen molar-refractivity contribution in [2.45, 2.75) is 25.3 Å². The number of hydrogen-bond acceptors (Lipinski definition) is 4. The lowest BCUT2D eigenvalue weighted by Gasteiger charge is -2.30. The molecule has 5 nitrogen and oxygen atoms in total. The number of imidazole rings is 1. The number of rotatable bonds is 4. The maximum atomic E-state index is 5.41. The summed E-state index contributed by atoms with van der Waals surface area (Å²) in [5, 5.41) is 3.44. The molecule has 2 aliphatic rings. The molecule has 5 heteroatoms. The third kappa shape index (κ3) is 2.99. The average molecular weight is 264 g/mol. The Bertz CT molecular complexity index is 394. The van der Waals surface area contributed by atoms with Crippen molar-refractivity contribution in [1.29, 1.82) is 0 Å². The van der Waals surface area contributed by atoms with Gasteiger partial charge in [-0.25, -0.2) is 4.98 Å². The summed E-state index contributed by atoms with van der Waals surface area (Å²) in [5.41, 5.74) is 1.39. The minimum Gasteiger partial charge on any atom is -0.379 e. The average Bonchev–Trinajstić information content (AvgIpc) is 3.10. The monoisotopic (exact) mass is 264 g/mol. The summed E-state index contributed by atoms with van der Waals surface area (Å²) in [5.74, 6) is 0.634. The van der Waals surface area contributed by atoms with Crippen molar-refractivity contribution in [3.63, 3.8) is 0 Å². The molecule has 2 saturated heterocycles. The van der Waals surface area contributed by atoms with Gasteiger partial charge in [0.2, 0.25) is 0 Å². The summed E-state index contributed by atoms with van der Waals surface area (Å²) in [6.07, 6.45) is 5.28. The van der Waals surface area contributed by atoms with E-state index in [9.17, 15) is 0 Å². The maximum absolute atomic E-state index is 5.41. The summed E-state index contributed by atoms with van der Waals surface area (Å²) < 4.78 is 7.78. The third-order valence-electron chi connectivity index (χ3n) is 4.28. The molecule has 1 N–H and O–H groups in total. The van der Waals surface area contributed by atoms with Crippen molar-refractivity contribution < 1.29 is 4.74 Å². The molecule has 2 aliphatic heterocycles. The number of ether oxygens (including phenoxy) is 1. The fourth-order valence-electron chi connectivity index (χ4n) is 3.15. The normalized spacial score (nSPS) is 26.7. The van der Waals surface area contributed by atoms with Gasteiger partial charge in [-0.2, -0.15) is 0 Å². The highest BCUT2D eigenvalue weighted by Crippen LogP contribution is 2.24. The molecule has 0 aromatic carbocycles. The number of nitrogens with zero attached hydrogens (tertiary/aromatic N) is 3. The largest absolute Gasteiger partial charge is 0.379 e. The van der Waals surface area contributed by atoms with Gasteiger partial charge >= 0.3 is 0 Å². The summed E-state index contributed by atoms with van der Waals surface area (Å²) in [6, 6.07) is 0.483. The topological polar surface area (TPSA) is 42.3 Å². The van der Waals surface area contributed by atoms with E-state index in [0.29, 0.717) is 12.0 Å². The molecule has 19 heavy (non-hydrogen) atoms. The van der Waals surface area contributed by atoms with Crippen molar-refractivity contribution in [2.75, 3.05) is 45.9 Å². The Hall–Kier alpha value is -0.910. The van der Waals surface area contributed by atoms with Gasteiger partial charge in [-0.05, 0) is 19.9 Å². The molecule has 3 heterocycles. The molecule has 0 aliphatic carbocycles. The van der Waals surface area contributed by atoms with E-state index in [0.717, 1.165) is 45.9 Å². The van der Waals surface area contributed by atoms with Crippen LogP contribution in [0.15, 0.2) is 12.5 Å². The highest BCUT2D eigenvalue weighted by molar-refractivity contribution is 5.10. The fraction of sp³-hybridized carbons (Fsp3) is 0.786. The van der Waals surface area contributed by atoms with E-state index in [-0.39, 0.29) is 0 Å². The summed E-state index contributed by atoms with van der Waals surface area (Å²) in [4.78, 5) is 6.86. The lowest BCUT2D eigenvalue weighted by molar-refractivity contribution is 0.0324. The van der Waals surface area contributed by atoms with E-state index in [1.54, 1.807) is 0 Å². The standard InChI is InChI=1S/C14H24N4O/c1-12(10-17-4-6-19-7-5-17)18-11-16-9-14(18)13-2-3-15-8-13/h9,11-13,15H,2-8,10H2,1H3. The number of morpholine rings is 1. The molecule has 2 atom stereocenters. The Morgan fingerprint density at radius 1 is 1.47 bits per heavy atom. The van der Waals surface area contributed by atoms with Crippen LogP contribution in [0, 0.1) is 0 Å². The van der Waals surface area contributed by atoms with Gasteiger partial charge in [0.05, 0.1) is 19.5 Å². The van der Waals surface area contributed by atoms with Crippen LogP contribution in [-0.4, -0.2) is 60.4 Å². The summed E-state index contributed by atoms with van der Waals surface area (Å²) in [6.45, 7) is 9.46. The van der Waals surface area contributed by atoms with Crippen molar-refractivity contribution >= 4 is 0 Å². The van der Waals surface area contributed by atoms with E-state index in [1.165, 1.54) is 12.1 Å². The van der Waals surface area contributed by atoms with Gasteiger partial charge < -0.3 is 14.6 Å². The second kappa shape index (κ2) is 6.03. The molecule has 0 amide bonds. The van der Waals surface area contributed by atoms with Gasteiger partial charge in [0, 0.05) is 50.0 Å². The molecule has 1 aromatic heterocycles. The predicted octanol–water partition coefficient (Wildman–Crippen LogP) is 0.853. The molecule has 2 fully saturated rings. The van der Waals surface area contributed by atoms with Gasteiger partial charge in [0.1, 0.15) is 0 Å². The zero-order valence-corrected chi connectivity index (χ0v) is 11.7. The van der Waals surface area contributed by atoms with Gasteiger partial charge in [-0.15, -0.1) is 0 Å². The molecule has 0 spiro atoms. The predicted molar refractivity (Wildman–Crippen MR) is 74.4 cm³/mol. The van der Waals surface area contributed by atoms with Crippen LogP contribution in [0.3, 0.4) is 0 Å². The SMILES string of the molecule is CC(CN1CCOCC1)n1cncc1C1CCNC1. The summed E-state index contributed by atoms with van der Waals surface area (Å²) >= 11 is 0. The van der Waals surface area contributed by atoms with Crippen molar-refractivity contribution in [3.8, 4) is 0 Å². The van der Waals surface area contributed by atoms with Crippen LogP contribution in [0.5, 0.6) is 0 Å². The summed E-state index contributed by atoms with van der Waals surface area (Å²) in [7, 11) is 0. The third-order valence-corrected chi connectivity index (χ3v) is 4.28. The molecular weight excluding hydrogens is 240 g/mol. The zero-order chi connectivity index (χ0) is 13.1. The first-order chi connectivity index (χ1) is 9.34. The Kier molecular flexibility index (Phi) is 4.15. The highest BCUT2D eigenvalue weighted by atomic mass is 16.5. The Morgan fingerprint density at radius 2 is 2.32 bits per heavy atom. The van der Waals surface area contributed by atoms with Crippen molar-refractivity contribution in [1.82, 2.24) is 19.8 Å². The molecule has 1 aromatic rings. The number of hydrogen-bond donors (Lipinski definition) is 1. The zero-order valence-electron chi connectivity index (χ0n) is 11.7. The van der Waals surface area contributed by atoms with Crippen LogP contribution in [0.25, 0.3) is 0 Å². The first-order valence-electron chi connectivity index (χ1n) is 7.37. The van der Waals surface area contributed by atoms with Crippen LogP contribution in [0.2, 0.25) is 0 Å². The van der Waals surface area contributed by atoms with E-state index in [4.69, 9.17) is 4.74 Å². The Balaban J connectivity index is 1.65. The number of aromatic nitrogens is 2. The molecular formula is C14H24N4O.